The Hall–Kier alpha value is -6.16. The lowest BCUT2D eigenvalue weighted by atomic mass is 9.80. The number of nitrogens with one attached hydrogen (secondary N) is 3. The topological polar surface area (TPSA) is 199 Å². The molecule has 0 radical (unpaired) electrons. The Morgan fingerprint density at radius 2 is 1.46 bits per heavy atom. The third kappa shape index (κ3) is 18.0. The first-order chi connectivity index (χ1) is 44.6. The zero-order chi connectivity index (χ0) is 66.5. The van der Waals surface area contributed by atoms with Crippen LogP contribution in [0.5, 0.6) is 11.5 Å². The summed E-state index contributed by atoms with van der Waals surface area (Å²) < 4.78 is 57.1. The predicted octanol–water partition coefficient (Wildman–Crippen LogP) is 15.3. The Labute approximate surface area is 558 Å². The van der Waals surface area contributed by atoms with Gasteiger partial charge in [-0.25, -0.2) is 9.65 Å². The fourth-order valence-corrected chi connectivity index (χ4v) is 15.8. The van der Waals surface area contributed by atoms with Gasteiger partial charge in [0.05, 0.1) is 52.1 Å². The predicted molar refractivity (Wildman–Crippen MR) is 370 cm³/mol. The van der Waals surface area contributed by atoms with Crippen LogP contribution in [0.4, 0.5) is 5.95 Å². The number of nitrogens with zero attached hydrogens (tertiary/aromatic N) is 4. The van der Waals surface area contributed by atoms with E-state index in [9.17, 15) is 14.4 Å². The van der Waals surface area contributed by atoms with Gasteiger partial charge < -0.3 is 42.8 Å². The summed E-state index contributed by atoms with van der Waals surface area (Å²) in [4.78, 5) is 52.8. The molecule has 9 rings (SSSR count). The number of benzene rings is 5. The summed E-state index contributed by atoms with van der Waals surface area (Å²) in [7, 11) is 3.36. The van der Waals surface area contributed by atoms with E-state index in [-0.39, 0.29) is 76.1 Å². The number of anilines is 1. The number of hydrogen-bond donors (Lipinski definition) is 3. The monoisotopic (exact) mass is 1330 g/mol. The van der Waals surface area contributed by atoms with E-state index in [0.717, 1.165) is 56.9 Å². The van der Waals surface area contributed by atoms with Crippen molar-refractivity contribution in [1.82, 2.24) is 29.5 Å². The van der Waals surface area contributed by atoms with E-state index < -0.39 is 38.1 Å². The first-order valence-electron chi connectivity index (χ1n) is 32.6. The second-order valence-corrected chi connectivity index (χ2v) is 30.1. The van der Waals surface area contributed by atoms with Crippen molar-refractivity contribution in [2.75, 3.05) is 38.9 Å². The summed E-state index contributed by atoms with van der Waals surface area (Å²) >= 11 is 0. The zero-order valence-electron chi connectivity index (χ0n) is 56.1. The van der Waals surface area contributed by atoms with E-state index in [1.165, 1.54) is 0 Å². The molecule has 5 aromatic carbocycles. The van der Waals surface area contributed by atoms with Gasteiger partial charge in [-0.05, 0) is 139 Å². The minimum absolute atomic E-state index is 0.00468. The van der Waals surface area contributed by atoms with Crippen LogP contribution in [0.25, 0.3) is 11.2 Å². The van der Waals surface area contributed by atoms with E-state index in [1.807, 2.05) is 105 Å². The van der Waals surface area contributed by atoms with Gasteiger partial charge in [0.25, 0.3) is 14.1 Å². The number of H-pyrrole nitrogens is 1. The summed E-state index contributed by atoms with van der Waals surface area (Å²) in [5.41, 5.74) is 4.43. The van der Waals surface area contributed by atoms with Crippen molar-refractivity contribution in [3.63, 3.8) is 0 Å². The van der Waals surface area contributed by atoms with Crippen LogP contribution in [0.2, 0.25) is 0 Å². The third-order valence-corrected chi connectivity index (χ3v) is 22.7. The smallest absolute Gasteiger partial charge is 0.280 e. The minimum atomic E-state index is -1.77. The number of carbonyl (C=O) groups excluding carboxylic acids is 2. The van der Waals surface area contributed by atoms with E-state index >= 15 is 0 Å². The lowest BCUT2D eigenvalue weighted by Crippen LogP contribution is -2.39. The fourth-order valence-electron chi connectivity index (χ4n) is 11.5. The van der Waals surface area contributed by atoms with E-state index in [4.69, 9.17) is 42.5 Å². The first-order valence-corrected chi connectivity index (χ1v) is 35.9. The molecule has 500 valence electrons. The lowest BCUT2D eigenvalue weighted by molar-refractivity contribution is -0.235. The van der Waals surface area contributed by atoms with Crippen LogP contribution in [0, 0.1) is 11.3 Å². The Balaban J connectivity index is 0.929. The van der Waals surface area contributed by atoms with Crippen molar-refractivity contribution < 1.29 is 47.1 Å². The van der Waals surface area contributed by atoms with Gasteiger partial charge in [-0.2, -0.15) is 4.98 Å². The first kappa shape index (κ1) is 71.1. The second kappa shape index (κ2) is 32.5. The van der Waals surface area contributed by atoms with Gasteiger partial charge in [-0.3, -0.25) is 29.3 Å². The molecule has 4 heterocycles. The summed E-state index contributed by atoms with van der Waals surface area (Å²) in [6.07, 6.45) is 3.07. The molecule has 3 N–H and O–H groups in total. The molecule has 18 nitrogen and oxygen atoms in total. The Kier molecular flexibility index (Phi) is 24.9. The minimum Gasteiger partial charge on any atom is -0.497 e. The molecule has 5 unspecified atom stereocenters. The molecule has 2 amide bonds. The number of hydrogen-bond acceptors (Lipinski definition) is 16. The Morgan fingerprint density at radius 1 is 0.828 bits per heavy atom. The number of carbonyl (C=O) groups is 2. The maximum atomic E-state index is 13.6. The van der Waals surface area contributed by atoms with Gasteiger partial charge >= 0.3 is 0 Å². The average Bonchev–Trinajstić information content (AvgIpc) is 1.54. The van der Waals surface area contributed by atoms with Crippen LogP contribution < -0.4 is 25.7 Å². The molecule has 0 bridgehead atoms. The molecule has 21 heteroatoms. The Bertz CT molecular complexity index is 3570. The van der Waals surface area contributed by atoms with E-state index in [0.29, 0.717) is 57.8 Å². The maximum Gasteiger partial charge on any atom is 0.280 e. The molecule has 5 atom stereocenters. The summed E-state index contributed by atoms with van der Waals surface area (Å²) in [5, 5.41) is 5.88. The second-order valence-electron chi connectivity index (χ2n) is 25.8. The number of rotatable bonds is 32. The summed E-state index contributed by atoms with van der Waals surface area (Å²) in [6.45, 7) is 27.1. The number of aromatic nitrogens is 4. The largest absolute Gasteiger partial charge is 0.497 e. The van der Waals surface area contributed by atoms with Crippen molar-refractivity contribution in [2.45, 2.75) is 186 Å². The lowest BCUT2D eigenvalue weighted by Gasteiger charge is -2.39. The van der Waals surface area contributed by atoms with Gasteiger partial charge in [0.2, 0.25) is 17.8 Å². The van der Waals surface area contributed by atoms with Crippen LogP contribution >= 0.6 is 30.1 Å². The quantitative estimate of drug-likeness (QED) is 0.0204. The standard InChI is InChI=1S/C72H94N7O11PS2/c1-14-71(15-2)44-84-68(85-45-71)53-27-25-51(26-28-53)42-73-62(80)37-39-70(11,12)93-92-61-24-20-19-21-52(61)38-40-87-91(79(48(5)6)49(7)8)90-59-41-63(78-46-74-64-65(78)75-69(77-67(64)82)76-66(81)47(3)4)89-60(59)43-86-72(54-22-17-16-18-23-54,55-29-33-57(83-13)34-30-55)56-31-35-58(36-32-56)88-50(9)10/h16-36,46-50,59-60,63,68H,14-15,37-45H2,1-13H3,(H,73,80)(H2,75,76,77,81,82). The molecule has 7 aromatic rings. The highest BCUT2D eigenvalue weighted by molar-refractivity contribution is 8.77. The number of aromatic amines is 1. The molecule has 2 saturated heterocycles. The molecule has 0 aliphatic carbocycles. The average molecular weight is 1330 g/mol. The Morgan fingerprint density at radius 3 is 2.09 bits per heavy atom. The molecular weight excluding hydrogens is 1230 g/mol. The molecule has 2 aliphatic heterocycles. The molecule has 93 heavy (non-hydrogen) atoms. The van der Waals surface area contributed by atoms with E-state index in [2.05, 4.69) is 117 Å². The van der Waals surface area contributed by atoms with Crippen molar-refractivity contribution in [1.29, 1.82) is 0 Å². The van der Waals surface area contributed by atoms with E-state index in [1.54, 1.807) is 53.4 Å². The van der Waals surface area contributed by atoms with Crippen molar-refractivity contribution in [2.24, 2.45) is 11.3 Å². The summed E-state index contributed by atoms with van der Waals surface area (Å²) in [5.74, 6) is 0.779. The van der Waals surface area contributed by atoms with Crippen LogP contribution in [0.15, 0.2) is 143 Å². The van der Waals surface area contributed by atoms with Crippen LogP contribution in [-0.2, 0) is 56.2 Å². The van der Waals surface area contributed by atoms with Gasteiger partial charge in [-0.15, -0.1) is 0 Å². The highest BCUT2D eigenvalue weighted by atomic mass is 33.1. The van der Waals surface area contributed by atoms with Crippen molar-refractivity contribution in [3.05, 3.63) is 177 Å². The number of amides is 2. The SMILES string of the molecule is CCC1(CC)COC(c2ccc(CNC(=O)CCC(C)(C)SSc3ccccc3CCOP(OC3CC(n4cnc5c(=O)[nH]c(NC(=O)C(C)C)nc54)OC3COC(c3ccccc3)(c3ccc(OC)cc3)c3ccc(OC(C)C)cc3)N(C(C)C)C(C)C)cc2)OC1. The highest BCUT2D eigenvalue weighted by Gasteiger charge is 2.46. The molecule has 0 saturated carbocycles. The molecular formula is C72H94N7O11PS2. The fraction of sp³-hybridized carbons (Fsp3) is 0.486. The van der Waals surface area contributed by atoms with Crippen molar-refractivity contribution in [3.8, 4) is 11.5 Å². The van der Waals surface area contributed by atoms with Crippen LogP contribution in [0.1, 0.15) is 161 Å². The molecule has 2 fully saturated rings. The van der Waals surface area contributed by atoms with Gasteiger partial charge in [0.1, 0.15) is 29.4 Å². The van der Waals surface area contributed by atoms with Gasteiger partial charge in [0.15, 0.2) is 17.5 Å². The van der Waals surface area contributed by atoms with Crippen LogP contribution in [0.3, 0.4) is 0 Å². The number of methoxy groups -OCH3 is 1. The summed E-state index contributed by atoms with van der Waals surface area (Å²) in [6, 6.07) is 42.6. The molecule has 2 aliphatic rings. The van der Waals surface area contributed by atoms with Crippen molar-refractivity contribution >= 4 is 59.0 Å². The number of ether oxygens (including phenoxy) is 6. The third-order valence-electron chi connectivity index (χ3n) is 17.1. The molecule has 2 aromatic heterocycles. The number of fused-ring (bicyclic) bond motifs is 1. The maximum absolute atomic E-state index is 13.6. The van der Waals surface area contributed by atoms with Gasteiger partial charge in [-0.1, -0.05) is 146 Å². The molecule has 0 spiro atoms. The number of imidazole rings is 1. The normalized spacial score (nSPS) is 18.0. The van der Waals surface area contributed by atoms with Gasteiger partial charge in [0, 0.05) is 58.0 Å². The highest BCUT2D eigenvalue weighted by Crippen LogP contribution is 2.52. The van der Waals surface area contributed by atoms with Crippen LogP contribution in [-0.4, -0.2) is 105 Å². The zero-order valence-corrected chi connectivity index (χ0v) is 58.7.